The first-order chi connectivity index (χ1) is 16.3. The van der Waals surface area contributed by atoms with Crippen molar-refractivity contribution in [2.24, 2.45) is 0 Å². The van der Waals surface area contributed by atoms with E-state index < -0.39 is 20.0 Å². The number of anilines is 3. The molecule has 11 heteroatoms. The summed E-state index contributed by atoms with van der Waals surface area (Å²) in [5.74, 6) is 0. The molecule has 0 aliphatic carbocycles. The van der Waals surface area contributed by atoms with Gasteiger partial charge in [-0.1, -0.05) is 48.5 Å². The SMILES string of the molecule is Cl.O=S(=O)(/C=C/c1ccccc1)Nc1ccc(N2CCNCC2)cc1NS(=O)(=O)c1ccccc1. The molecule has 0 aromatic heterocycles. The van der Waals surface area contributed by atoms with Crippen LogP contribution in [0.3, 0.4) is 0 Å². The van der Waals surface area contributed by atoms with Crippen molar-refractivity contribution in [2.45, 2.75) is 4.90 Å². The van der Waals surface area contributed by atoms with Gasteiger partial charge >= 0.3 is 0 Å². The summed E-state index contributed by atoms with van der Waals surface area (Å²) >= 11 is 0. The number of benzene rings is 3. The molecule has 0 radical (unpaired) electrons. The molecule has 3 N–H and O–H groups in total. The van der Waals surface area contributed by atoms with Crippen molar-refractivity contribution in [2.75, 3.05) is 40.5 Å². The van der Waals surface area contributed by atoms with E-state index in [0.29, 0.717) is 0 Å². The van der Waals surface area contributed by atoms with E-state index in [1.54, 1.807) is 48.5 Å². The van der Waals surface area contributed by atoms with E-state index in [1.807, 2.05) is 18.2 Å². The first-order valence-corrected chi connectivity index (χ1v) is 13.8. The summed E-state index contributed by atoms with van der Waals surface area (Å²) in [6.07, 6.45) is 1.48. The van der Waals surface area contributed by atoms with Gasteiger partial charge in [-0.3, -0.25) is 9.44 Å². The lowest BCUT2D eigenvalue weighted by Gasteiger charge is -2.30. The molecule has 0 spiro atoms. The van der Waals surface area contributed by atoms with Crippen molar-refractivity contribution in [1.82, 2.24) is 5.32 Å². The van der Waals surface area contributed by atoms with Gasteiger partial charge in [-0.25, -0.2) is 16.8 Å². The van der Waals surface area contributed by atoms with Gasteiger partial charge in [0, 0.05) is 31.9 Å². The summed E-state index contributed by atoms with van der Waals surface area (Å²) in [6, 6.07) is 22.0. The Bertz CT molecular complexity index is 1360. The highest BCUT2D eigenvalue weighted by atomic mass is 35.5. The quantitative estimate of drug-likeness (QED) is 0.406. The molecule has 8 nitrogen and oxygen atoms in total. The standard InChI is InChI=1S/C24H26N4O4S2.ClH/c29-33(30,18-13-20-7-3-1-4-8-20)26-23-12-11-21(28-16-14-25-15-17-28)19-24(23)27-34(31,32)22-9-5-2-6-10-22;/h1-13,18-19,25-27H,14-17H2;1H/b18-13+;. The van der Waals surface area contributed by atoms with Crippen LogP contribution in [0.5, 0.6) is 0 Å². The Kier molecular flexibility index (Phi) is 8.79. The van der Waals surface area contributed by atoms with E-state index in [4.69, 9.17) is 0 Å². The number of halogens is 1. The second-order valence-corrected chi connectivity index (χ2v) is 11.0. The van der Waals surface area contributed by atoms with Gasteiger partial charge in [0.15, 0.2) is 0 Å². The van der Waals surface area contributed by atoms with Gasteiger partial charge in [-0.05, 0) is 42.0 Å². The lowest BCUT2D eigenvalue weighted by Crippen LogP contribution is -2.43. The maximum Gasteiger partial charge on any atom is 0.261 e. The number of nitrogens with zero attached hydrogens (tertiary/aromatic N) is 1. The zero-order chi connectivity index (χ0) is 24.0. The van der Waals surface area contributed by atoms with Crippen LogP contribution in [-0.2, 0) is 20.0 Å². The fourth-order valence-electron chi connectivity index (χ4n) is 3.55. The average molecular weight is 535 g/mol. The third-order valence-electron chi connectivity index (χ3n) is 5.27. The Morgan fingerprint density at radius 3 is 2.06 bits per heavy atom. The van der Waals surface area contributed by atoms with Crippen molar-refractivity contribution < 1.29 is 16.8 Å². The van der Waals surface area contributed by atoms with Gasteiger partial charge < -0.3 is 10.2 Å². The Morgan fingerprint density at radius 2 is 1.40 bits per heavy atom. The molecule has 1 aliphatic rings. The van der Waals surface area contributed by atoms with E-state index in [9.17, 15) is 16.8 Å². The molecule has 0 atom stereocenters. The van der Waals surface area contributed by atoms with Crippen LogP contribution in [0.25, 0.3) is 6.08 Å². The van der Waals surface area contributed by atoms with Crippen LogP contribution in [0.1, 0.15) is 5.56 Å². The molecule has 1 aliphatic heterocycles. The molecule has 0 unspecified atom stereocenters. The molecule has 0 saturated carbocycles. The van der Waals surface area contributed by atoms with Crippen LogP contribution in [0.2, 0.25) is 0 Å². The minimum Gasteiger partial charge on any atom is -0.369 e. The molecule has 1 heterocycles. The van der Waals surface area contributed by atoms with Gasteiger partial charge in [0.25, 0.3) is 20.0 Å². The Balaban J connectivity index is 0.00000342. The first kappa shape index (κ1) is 26.6. The fourth-order valence-corrected chi connectivity index (χ4v) is 5.53. The Labute approximate surface area is 212 Å². The lowest BCUT2D eigenvalue weighted by molar-refractivity contribution is 0.589. The van der Waals surface area contributed by atoms with Crippen LogP contribution in [0, 0.1) is 0 Å². The number of hydrogen-bond acceptors (Lipinski definition) is 6. The van der Waals surface area contributed by atoms with Crippen LogP contribution in [-0.4, -0.2) is 43.0 Å². The zero-order valence-corrected chi connectivity index (χ0v) is 21.2. The fraction of sp³-hybridized carbons (Fsp3) is 0.167. The van der Waals surface area contributed by atoms with E-state index in [1.165, 1.54) is 18.2 Å². The Hall–Kier alpha value is -3.05. The molecule has 35 heavy (non-hydrogen) atoms. The van der Waals surface area contributed by atoms with Gasteiger partial charge in [0.05, 0.1) is 21.7 Å². The highest BCUT2D eigenvalue weighted by molar-refractivity contribution is 7.95. The second-order valence-electron chi connectivity index (χ2n) is 7.75. The second kappa shape index (κ2) is 11.6. The third kappa shape index (κ3) is 7.22. The molecule has 186 valence electrons. The van der Waals surface area contributed by atoms with Crippen molar-refractivity contribution in [3.8, 4) is 0 Å². The number of hydrogen-bond donors (Lipinski definition) is 3. The minimum atomic E-state index is -3.93. The molecular weight excluding hydrogens is 508 g/mol. The summed E-state index contributed by atoms with van der Waals surface area (Å²) in [5, 5.41) is 4.33. The van der Waals surface area contributed by atoms with Crippen LogP contribution in [0.4, 0.5) is 17.1 Å². The monoisotopic (exact) mass is 534 g/mol. The van der Waals surface area contributed by atoms with Crippen molar-refractivity contribution >= 4 is 55.6 Å². The van der Waals surface area contributed by atoms with Crippen LogP contribution >= 0.6 is 12.4 Å². The minimum absolute atomic E-state index is 0. The highest BCUT2D eigenvalue weighted by Gasteiger charge is 2.20. The molecule has 3 aromatic carbocycles. The van der Waals surface area contributed by atoms with Crippen molar-refractivity contribution in [3.05, 3.63) is 89.8 Å². The number of rotatable bonds is 8. The molecule has 3 aromatic rings. The molecule has 1 fully saturated rings. The molecule has 0 bridgehead atoms. The number of nitrogens with one attached hydrogen (secondary N) is 3. The maximum atomic E-state index is 13.0. The number of piperazine rings is 1. The zero-order valence-electron chi connectivity index (χ0n) is 18.8. The van der Waals surface area contributed by atoms with Gasteiger partial charge in [-0.2, -0.15) is 0 Å². The number of sulfonamides is 2. The van der Waals surface area contributed by atoms with Gasteiger partial charge in [0.2, 0.25) is 0 Å². The molecule has 1 saturated heterocycles. The first-order valence-electron chi connectivity index (χ1n) is 10.8. The molecular formula is C24H27ClN4O4S2. The third-order valence-corrected chi connectivity index (χ3v) is 7.65. The Morgan fingerprint density at radius 1 is 0.771 bits per heavy atom. The smallest absolute Gasteiger partial charge is 0.261 e. The highest BCUT2D eigenvalue weighted by Crippen LogP contribution is 2.31. The van der Waals surface area contributed by atoms with Crippen molar-refractivity contribution in [3.63, 3.8) is 0 Å². The summed E-state index contributed by atoms with van der Waals surface area (Å²) in [6.45, 7) is 3.14. The van der Waals surface area contributed by atoms with Crippen LogP contribution < -0.4 is 19.7 Å². The predicted molar refractivity (Wildman–Crippen MR) is 144 cm³/mol. The molecule has 4 rings (SSSR count). The van der Waals surface area contributed by atoms with Gasteiger partial charge in [0.1, 0.15) is 0 Å². The summed E-state index contributed by atoms with van der Waals surface area (Å²) in [4.78, 5) is 2.20. The van der Waals surface area contributed by atoms with E-state index in [0.717, 1.165) is 42.8 Å². The van der Waals surface area contributed by atoms with E-state index in [2.05, 4.69) is 19.7 Å². The normalized spacial score (nSPS) is 14.3. The van der Waals surface area contributed by atoms with Gasteiger partial charge in [-0.15, -0.1) is 12.4 Å². The van der Waals surface area contributed by atoms with E-state index in [-0.39, 0.29) is 28.7 Å². The lowest BCUT2D eigenvalue weighted by atomic mass is 10.2. The topological polar surface area (TPSA) is 108 Å². The van der Waals surface area contributed by atoms with Crippen molar-refractivity contribution in [1.29, 1.82) is 0 Å². The average Bonchev–Trinajstić information content (AvgIpc) is 2.85. The van der Waals surface area contributed by atoms with Crippen LogP contribution in [0.15, 0.2) is 89.2 Å². The summed E-state index contributed by atoms with van der Waals surface area (Å²) in [5.41, 5.74) is 1.81. The molecule has 0 amide bonds. The maximum absolute atomic E-state index is 13.0. The predicted octanol–water partition coefficient (Wildman–Crippen LogP) is 3.73. The summed E-state index contributed by atoms with van der Waals surface area (Å²) < 4.78 is 56.5. The van der Waals surface area contributed by atoms with E-state index >= 15 is 0 Å². The summed E-state index contributed by atoms with van der Waals surface area (Å²) in [7, 11) is -7.83. The largest absolute Gasteiger partial charge is 0.369 e.